The minimum Gasteiger partial charge on any atom is -0.464 e. The molecule has 0 aliphatic rings. The Kier molecular flexibility index (Phi) is 3.94. The molecule has 1 N–H and O–H groups in total. The molecule has 0 aliphatic heterocycles. The SMILES string of the molecule is CC(=O)CCCNCc1coc2ccccc12. The van der Waals surface area contributed by atoms with Crippen LogP contribution in [0.15, 0.2) is 34.9 Å². The van der Waals surface area contributed by atoms with Gasteiger partial charge in [-0.3, -0.25) is 0 Å². The van der Waals surface area contributed by atoms with Gasteiger partial charge in [0, 0.05) is 23.9 Å². The maximum absolute atomic E-state index is 10.8. The molecule has 1 heterocycles. The summed E-state index contributed by atoms with van der Waals surface area (Å²) in [5.74, 6) is 0.251. The van der Waals surface area contributed by atoms with E-state index >= 15 is 0 Å². The lowest BCUT2D eigenvalue weighted by atomic mass is 10.2. The number of para-hydroxylation sites is 1. The van der Waals surface area contributed by atoms with Crippen molar-refractivity contribution in [2.24, 2.45) is 0 Å². The van der Waals surface area contributed by atoms with Crippen molar-refractivity contribution in [1.82, 2.24) is 5.32 Å². The van der Waals surface area contributed by atoms with Crippen LogP contribution < -0.4 is 5.32 Å². The van der Waals surface area contributed by atoms with Crippen LogP contribution in [-0.4, -0.2) is 12.3 Å². The van der Waals surface area contributed by atoms with Gasteiger partial charge in [-0.1, -0.05) is 18.2 Å². The van der Waals surface area contributed by atoms with Gasteiger partial charge in [0.1, 0.15) is 11.4 Å². The van der Waals surface area contributed by atoms with Crippen molar-refractivity contribution in [1.29, 1.82) is 0 Å². The number of hydrogen-bond acceptors (Lipinski definition) is 3. The summed E-state index contributed by atoms with van der Waals surface area (Å²) < 4.78 is 5.45. The van der Waals surface area contributed by atoms with Crippen molar-refractivity contribution < 1.29 is 9.21 Å². The van der Waals surface area contributed by atoms with Crippen LogP contribution >= 0.6 is 0 Å². The molecule has 2 aromatic rings. The van der Waals surface area contributed by atoms with Crippen LogP contribution in [0.4, 0.5) is 0 Å². The van der Waals surface area contributed by atoms with Gasteiger partial charge >= 0.3 is 0 Å². The van der Waals surface area contributed by atoms with E-state index in [0.29, 0.717) is 6.42 Å². The number of fused-ring (bicyclic) bond motifs is 1. The van der Waals surface area contributed by atoms with Crippen LogP contribution in [0, 0.1) is 0 Å². The quantitative estimate of drug-likeness (QED) is 0.777. The number of carbonyl (C=O) groups is 1. The van der Waals surface area contributed by atoms with Gasteiger partial charge in [-0.05, 0) is 26.0 Å². The van der Waals surface area contributed by atoms with E-state index < -0.39 is 0 Å². The highest BCUT2D eigenvalue weighted by molar-refractivity contribution is 5.80. The van der Waals surface area contributed by atoms with Gasteiger partial charge in [0.15, 0.2) is 0 Å². The summed E-state index contributed by atoms with van der Waals surface area (Å²) >= 11 is 0. The Balaban J connectivity index is 1.85. The molecule has 0 aliphatic carbocycles. The summed E-state index contributed by atoms with van der Waals surface area (Å²) in [5, 5.41) is 4.48. The number of rotatable bonds is 6. The second-order valence-corrected chi connectivity index (χ2v) is 4.24. The molecule has 0 unspecified atom stereocenters. The second kappa shape index (κ2) is 5.64. The van der Waals surface area contributed by atoms with Gasteiger partial charge < -0.3 is 14.5 Å². The van der Waals surface area contributed by atoms with Gasteiger partial charge in [0.25, 0.3) is 0 Å². The third-order valence-electron chi connectivity index (χ3n) is 2.76. The van der Waals surface area contributed by atoms with Gasteiger partial charge in [0.05, 0.1) is 6.26 Å². The normalized spacial score (nSPS) is 10.9. The van der Waals surface area contributed by atoms with E-state index in [1.54, 1.807) is 13.2 Å². The van der Waals surface area contributed by atoms with Crippen LogP contribution in [0.25, 0.3) is 11.0 Å². The lowest BCUT2D eigenvalue weighted by molar-refractivity contribution is -0.117. The number of carbonyl (C=O) groups excluding carboxylic acids is 1. The molecule has 0 bridgehead atoms. The van der Waals surface area contributed by atoms with Crippen molar-refractivity contribution in [3.63, 3.8) is 0 Å². The highest BCUT2D eigenvalue weighted by atomic mass is 16.3. The summed E-state index contributed by atoms with van der Waals surface area (Å²) in [5.41, 5.74) is 2.09. The summed E-state index contributed by atoms with van der Waals surface area (Å²) in [6, 6.07) is 8.01. The molecule has 0 amide bonds. The third kappa shape index (κ3) is 3.17. The zero-order valence-corrected chi connectivity index (χ0v) is 10.0. The van der Waals surface area contributed by atoms with Crippen LogP contribution in [0.3, 0.4) is 0 Å². The van der Waals surface area contributed by atoms with Gasteiger partial charge in [-0.2, -0.15) is 0 Å². The fourth-order valence-corrected chi connectivity index (χ4v) is 1.86. The highest BCUT2D eigenvalue weighted by Crippen LogP contribution is 2.20. The second-order valence-electron chi connectivity index (χ2n) is 4.24. The standard InChI is InChI=1S/C14H17NO2/c1-11(16)5-4-8-15-9-12-10-17-14-7-3-2-6-13(12)14/h2-3,6-7,10,15H,4-5,8-9H2,1H3. The smallest absolute Gasteiger partial charge is 0.134 e. The Labute approximate surface area is 101 Å². The number of hydrogen-bond donors (Lipinski definition) is 1. The molecule has 0 saturated carbocycles. The van der Waals surface area contributed by atoms with Crippen molar-refractivity contribution in [2.45, 2.75) is 26.3 Å². The van der Waals surface area contributed by atoms with Gasteiger partial charge in [-0.25, -0.2) is 0 Å². The highest BCUT2D eigenvalue weighted by Gasteiger charge is 2.03. The van der Waals surface area contributed by atoms with Gasteiger partial charge in [0.2, 0.25) is 0 Å². The first-order valence-corrected chi connectivity index (χ1v) is 5.92. The number of ketones is 1. The van der Waals surface area contributed by atoms with E-state index in [4.69, 9.17) is 4.42 Å². The zero-order valence-electron chi connectivity index (χ0n) is 10.0. The van der Waals surface area contributed by atoms with E-state index in [2.05, 4.69) is 11.4 Å². The lowest BCUT2D eigenvalue weighted by Crippen LogP contribution is -2.15. The van der Waals surface area contributed by atoms with E-state index in [1.807, 2.05) is 18.2 Å². The number of Topliss-reactive ketones (excluding diaryl/α,β-unsaturated/α-hetero) is 1. The topological polar surface area (TPSA) is 42.2 Å². The number of benzene rings is 1. The Morgan fingerprint density at radius 2 is 2.18 bits per heavy atom. The van der Waals surface area contributed by atoms with Crippen LogP contribution in [-0.2, 0) is 11.3 Å². The molecule has 0 saturated heterocycles. The minimum atomic E-state index is 0.251. The average molecular weight is 231 g/mol. The van der Waals surface area contributed by atoms with Crippen LogP contribution in [0.1, 0.15) is 25.3 Å². The van der Waals surface area contributed by atoms with E-state index in [-0.39, 0.29) is 5.78 Å². The fraction of sp³-hybridized carbons (Fsp3) is 0.357. The Morgan fingerprint density at radius 1 is 1.35 bits per heavy atom. The Hall–Kier alpha value is -1.61. The Morgan fingerprint density at radius 3 is 3.00 bits per heavy atom. The molecule has 2 rings (SSSR count). The van der Waals surface area contributed by atoms with Crippen LogP contribution in [0.2, 0.25) is 0 Å². The van der Waals surface area contributed by atoms with Crippen molar-refractivity contribution >= 4 is 16.8 Å². The van der Waals surface area contributed by atoms with E-state index in [9.17, 15) is 4.79 Å². The molecule has 3 heteroatoms. The van der Waals surface area contributed by atoms with E-state index in [0.717, 1.165) is 30.5 Å². The molecule has 0 spiro atoms. The summed E-state index contributed by atoms with van der Waals surface area (Å²) in [4.78, 5) is 10.8. The summed E-state index contributed by atoms with van der Waals surface area (Å²) in [7, 11) is 0. The minimum absolute atomic E-state index is 0.251. The molecule has 0 radical (unpaired) electrons. The largest absolute Gasteiger partial charge is 0.464 e. The lowest BCUT2D eigenvalue weighted by Gasteiger charge is -2.02. The summed E-state index contributed by atoms with van der Waals surface area (Å²) in [6.07, 6.45) is 3.34. The third-order valence-corrected chi connectivity index (χ3v) is 2.76. The predicted molar refractivity (Wildman–Crippen MR) is 67.8 cm³/mol. The summed E-state index contributed by atoms with van der Waals surface area (Å²) in [6.45, 7) is 3.28. The Bertz CT molecular complexity index is 502. The average Bonchev–Trinajstić information content (AvgIpc) is 2.72. The number of nitrogens with one attached hydrogen (secondary N) is 1. The van der Waals surface area contributed by atoms with Crippen molar-refractivity contribution in [3.05, 3.63) is 36.1 Å². The monoisotopic (exact) mass is 231 g/mol. The number of furan rings is 1. The molecular weight excluding hydrogens is 214 g/mol. The van der Waals surface area contributed by atoms with Crippen molar-refractivity contribution in [3.8, 4) is 0 Å². The first-order chi connectivity index (χ1) is 8.27. The fourth-order valence-electron chi connectivity index (χ4n) is 1.86. The first-order valence-electron chi connectivity index (χ1n) is 5.92. The molecule has 90 valence electrons. The molecule has 1 aromatic carbocycles. The molecule has 0 atom stereocenters. The molecule has 3 nitrogen and oxygen atoms in total. The maximum Gasteiger partial charge on any atom is 0.134 e. The first kappa shape index (κ1) is 11.9. The van der Waals surface area contributed by atoms with Crippen LogP contribution in [0.5, 0.6) is 0 Å². The van der Waals surface area contributed by atoms with Gasteiger partial charge in [-0.15, -0.1) is 0 Å². The maximum atomic E-state index is 10.8. The molecular formula is C14H17NO2. The molecule has 17 heavy (non-hydrogen) atoms. The van der Waals surface area contributed by atoms with E-state index in [1.165, 1.54) is 5.56 Å². The predicted octanol–water partition coefficient (Wildman–Crippen LogP) is 2.89. The zero-order chi connectivity index (χ0) is 12.1. The van der Waals surface area contributed by atoms with Crippen molar-refractivity contribution in [2.75, 3.05) is 6.54 Å². The molecule has 0 fully saturated rings. The molecule has 1 aromatic heterocycles.